The summed E-state index contributed by atoms with van der Waals surface area (Å²) in [4.78, 5) is 23.5. The van der Waals surface area contributed by atoms with Crippen LogP contribution in [0, 0.1) is 5.92 Å². The highest BCUT2D eigenvalue weighted by Gasteiger charge is 2.16. The molecule has 2 aromatic carbocycles. The molecule has 2 aromatic rings. The second kappa shape index (κ2) is 9.17. The van der Waals surface area contributed by atoms with Gasteiger partial charge in [0.05, 0.1) is 17.7 Å². The average molecular weight is 364 g/mol. The molecule has 0 spiro atoms. The van der Waals surface area contributed by atoms with Crippen molar-refractivity contribution >= 4 is 17.8 Å². The molecule has 1 aliphatic rings. The number of ketones is 1. The van der Waals surface area contributed by atoms with E-state index in [1.54, 1.807) is 24.3 Å². The van der Waals surface area contributed by atoms with E-state index >= 15 is 0 Å². The minimum Gasteiger partial charge on any atom is -0.493 e. The number of para-hydroxylation sites is 1. The Morgan fingerprint density at radius 2 is 1.70 bits per heavy atom. The molecule has 0 bridgehead atoms. The van der Waals surface area contributed by atoms with E-state index in [1.807, 2.05) is 18.2 Å². The number of carbonyl (C=O) groups excluding carboxylic acids is 1. The minimum atomic E-state index is -0.967. The zero-order valence-electron chi connectivity index (χ0n) is 15.3. The summed E-state index contributed by atoms with van der Waals surface area (Å²) in [6.45, 7) is 0.657. The number of ether oxygens (including phenoxy) is 1. The second-order valence-electron chi connectivity index (χ2n) is 6.94. The summed E-state index contributed by atoms with van der Waals surface area (Å²) in [5.41, 5.74) is 1.54. The molecule has 140 valence electrons. The normalized spacial score (nSPS) is 15.0. The van der Waals surface area contributed by atoms with Crippen molar-refractivity contribution in [3.8, 4) is 5.75 Å². The van der Waals surface area contributed by atoms with Crippen LogP contribution < -0.4 is 4.74 Å². The second-order valence-corrected chi connectivity index (χ2v) is 6.94. The van der Waals surface area contributed by atoms with Gasteiger partial charge >= 0.3 is 5.97 Å². The Morgan fingerprint density at radius 3 is 2.41 bits per heavy atom. The number of hydrogen-bond donors (Lipinski definition) is 1. The molecule has 0 heterocycles. The first kappa shape index (κ1) is 18.9. The highest BCUT2D eigenvalue weighted by Crippen LogP contribution is 2.26. The molecule has 1 aliphatic carbocycles. The molecule has 4 nitrogen and oxygen atoms in total. The summed E-state index contributed by atoms with van der Waals surface area (Å²) in [6.07, 6.45) is 9.41. The fourth-order valence-electron chi connectivity index (χ4n) is 3.36. The van der Waals surface area contributed by atoms with Gasteiger partial charge in [0, 0.05) is 0 Å². The standard InChI is InChI=1S/C23H24O4/c24-21(15-12-17-10-13-19(14-11-17)23(25)26)20-8-4-5-9-22(20)27-16-18-6-2-1-3-7-18/h4-5,8-15,18H,1-3,6-7,16H2,(H,25,26)/b15-12+. The van der Waals surface area contributed by atoms with Crippen molar-refractivity contribution in [1.29, 1.82) is 0 Å². The number of benzene rings is 2. The molecule has 1 fully saturated rings. The van der Waals surface area contributed by atoms with Crippen LogP contribution in [0.3, 0.4) is 0 Å². The van der Waals surface area contributed by atoms with Crippen LogP contribution in [0.4, 0.5) is 0 Å². The summed E-state index contributed by atoms with van der Waals surface area (Å²) in [6, 6.07) is 13.7. The molecule has 3 rings (SSSR count). The van der Waals surface area contributed by atoms with Gasteiger partial charge in [-0.15, -0.1) is 0 Å². The van der Waals surface area contributed by atoms with Gasteiger partial charge in [-0.2, -0.15) is 0 Å². The first-order chi connectivity index (χ1) is 13.1. The van der Waals surface area contributed by atoms with E-state index in [1.165, 1.54) is 50.3 Å². The summed E-state index contributed by atoms with van der Waals surface area (Å²) >= 11 is 0. The quantitative estimate of drug-likeness (QED) is 0.539. The molecule has 0 saturated heterocycles. The van der Waals surface area contributed by atoms with Crippen molar-refractivity contribution in [2.75, 3.05) is 6.61 Å². The summed E-state index contributed by atoms with van der Waals surface area (Å²) in [5.74, 6) is 0.103. The summed E-state index contributed by atoms with van der Waals surface area (Å²) in [7, 11) is 0. The van der Waals surface area contributed by atoms with Gasteiger partial charge in [0.15, 0.2) is 5.78 Å². The number of carbonyl (C=O) groups is 2. The lowest BCUT2D eigenvalue weighted by molar-refractivity contribution is 0.0696. The highest BCUT2D eigenvalue weighted by atomic mass is 16.5. The molecule has 4 heteroatoms. The van der Waals surface area contributed by atoms with E-state index in [4.69, 9.17) is 9.84 Å². The molecule has 0 atom stereocenters. The van der Waals surface area contributed by atoms with Crippen LogP contribution in [0.2, 0.25) is 0 Å². The predicted molar refractivity (Wildman–Crippen MR) is 105 cm³/mol. The lowest BCUT2D eigenvalue weighted by Crippen LogP contribution is -2.16. The van der Waals surface area contributed by atoms with Gasteiger partial charge in [0.25, 0.3) is 0 Å². The number of carboxylic acids is 1. The van der Waals surface area contributed by atoms with Gasteiger partial charge in [0.2, 0.25) is 0 Å². The fourth-order valence-corrected chi connectivity index (χ4v) is 3.36. The van der Waals surface area contributed by atoms with Crippen molar-refractivity contribution < 1.29 is 19.4 Å². The average Bonchev–Trinajstić information content (AvgIpc) is 2.71. The zero-order chi connectivity index (χ0) is 19.1. The maximum absolute atomic E-state index is 12.6. The summed E-state index contributed by atoms with van der Waals surface area (Å²) in [5, 5.41) is 8.93. The zero-order valence-corrected chi connectivity index (χ0v) is 15.3. The monoisotopic (exact) mass is 364 g/mol. The van der Waals surface area contributed by atoms with Gasteiger partial charge in [-0.05, 0) is 54.7 Å². The van der Waals surface area contributed by atoms with Crippen LogP contribution in [0.1, 0.15) is 58.4 Å². The molecule has 0 amide bonds. The van der Waals surface area contributed by atoms with Crippen molar-refractivity contribution in [3.05, 3.63) is 71.3 Å². The Labute approximate surface area is 159 Å². The number of aromatic carboxylic acids is 1. The number of carboxylic acid groups (broad SMARTS) is 1. The van der Waals surface area contributed by atoms with Gasteiger partial charge in [-0.3, -0.25) is 4.79 Å². The van der Waals surface area contributed by atoms with E-state index in [9.17, 15) is 9.59 Å². The molecule has 0 aromatic heterocycles. The summed E-state index contributed by atoms with van der Waals surface area (Å²) < 4.78 is 5.97. The largest absolute Gasteiger partial charge is 0.493 e. The van der Waals surface area contributed by atoms with Crippen molar-refractivity contribution in [2.24, 2.45) is 5.92 Å². The van der Waals surface area contributed by atoms with E-state index < -0.39 is 5.97 Å². The molecule has 0 radical (unpaired) electrons. The van der Waals surface area contributed by atoms with E-state index in [0.717, 1.165) is 5.56 Å². The van der Waals surface area contributed by atoms with Crippen LogP contribution in [-0.4, -0.2) is 23.5 Å². The van der Waals surface area contributed by atoms with E-state index in [0.29, 0.717) is 23.8 Å². The Bertz CT molecular complexity index is 815. The predicted octanol–water partition coefficient (Wildman–Crippen LogP) is 5.24. The fraction of sp³-hybridized carbons (Fsp3) is 0.304. The molecule has 27 heavy (non-hydrogen) atoms. The van der Waals surface area contributed by atoms with E-state index in [2.05, 4.69) is 0 Å². The Hall–Kier alpha value is -2.88. The van der Waals surface area contributed by atoms with E-state index in [-0.39, 0.29) is 11.3 Å². The Kier molecular flexibility index (Phi) is 6.42. The van der Waals surface area contributed by atoms with Gasteiger partial charge < -0.3 is 9.84 Å². The third-order valence-electron chi connectivity index (χ3n) is 4.94. The lowest BCUT2D eigenvalue weighted by atomic mass is 9.90. The topological polar surface area (TPSA) is 63.6 Å². The van der Waals surface area contributed by atoms with Gasteiger partial charge in [-0.1, -0.05) is 49.6 Å². The highest BCUT2D eigenvalue weighted by molar-refractivity contribution is 6.08. The van der Waals surface area contributed by atoms with Crippen LogP contribution in [0.15, 0.2) is 54.6 Å². The van der Waals surface area contributed by atoms with Crippen LogP contribution >= 0.6 is 0 Å². The molecule has 1 N–H and O–H groups in total. The van der Waals surface area contributed by atoms with Crippen molar-refractivity contribution in [1.82, 2.24) is 0 Å². The molecular formula is C23H24O4. The van der Waals surface area contributed by atoms with Crippen LogP contribution in [0.25, 0.3) is 6.08 Å². The maximum Gasteiger partial charge on any atom is 0.335 e. The van der Waals surface area contributed by atoms with Crippen molar-refractivity contribution in [3.63, 3.8) is 0 Å². The number of rotatable bonds is 7. The first-order valence-corrected chi connectivity index (χ1v) is 9.41. The number of hydrogen-bond acceptors (Lipinski definition) is 3. The Morgan fingerprint density at radius 1 is 1.00 bits per heavy atom. The third-order valence-corrected chi connectivity index (χ3v) is 4.94. The van der Waals surface area contributed by atoms with Gasteiger partial charge in [0.1, 0.15) is 5.75 Å². The smallest absolute Gasteiger partial charge is 0.335 e. The van der Waals surface area contributed by atoms with Crippen LogP contribution in [0.5, 0.6) is 5.75 Å². The minimum absolute atomic E-state index is 0.128. The molecule has 1 saturated carbocycles. The molecule has 0 aliphatic heterocycles. The lowest BCUT2D eigenvalue weighted by Gasteiger charge is -2.22. The number of allylic oxidation sites excluding steroid dienone is 1. The SMILES string of the molecule is O=C(O)c1ccc(/C=C/C(=O)c2ccccc2OCC2CCCCC2)cc1. The van der Waals surface area contributed by atoms with Crippen LogP contribution in [-0.2, 0) is 0 Å². The Balaban J connectivity index is 1.66. The van der Waals surface area contributed by atoms with Gasteiger partial charge in [-0.25, -0.2) is 4.79 Å². The first-order valence-electron chi connectivity index (χ1n) is 9.41. The molecule has 0 unspecified atom stereocenters. The third kappa shape index (κ3) is 5.30. The maximum atomic E-state index is 12.6. The molecular weight excluding hydrogens is 340 g/mol. The van der Waals surface area contributed by atoms with Crippen molar-refractivity contribution in [2.45, 2.75) is 32.1 Å².